The van der Waals surface area contributed by atoms with Crippen LogP contribution in [0.1, 0.15) is 35.6 Å². The normalized spacial score (nSPS) is 11.2. The van der Waals surface area contributed by atoms with Crippen LogP contribution in [-0.4, -0.2) is 37.3 Å². The number of fused-ring (bicyclic) bond motifs is 1. The Labute approximate surface area is 193 Å². The quantitative estimate of drug-likeness (QED) is 0.444. The van der Waals surface area contributed by atoms with Crippen molar-refractivity contribution in [2.24, 2.45) is 7.05 Å². The van der Waals surface area contributed by atoms with E-state index in [2.05, 4.69) is 26.2 Å². The molecule has 1 amide bonds. The molecule has 0 bridgehead atoms. The van der Waals surface area contributed by atoms with E-state index in [4.69, 9.17) is 9.72 Å². The lowest BCUT2D eigenvalue weighted by Crippen LogP contribution is -2.23. The Hall–Kier alpha value is -3.68. The molecular weight excluding hydrogens is 416 g/mol. The van der Waals surface area contributed by atoms with E-state index in [1.165, 1.54) is 0 Å². The smallest absolute Gasteiger partial charge is 0.220 e. The molecule has 0 aliphatic heterocycles. The maximum Gasteiger partial charge on any atom is 0.220 e. The summed E-state index contributed by atoms with van der Waals surface area (Å²) in [7, 11) is 3.67. The van der Waals surface area contributed by atoms with Crippen molar-refractivity contribution in [3.63, 3.8) is 0 Å². The number of aryl methyl sites for hydroxylation is 5. The zero-order valence-corrected chi connectivity index (χ0v) is 19.8. The highest BCUT2D eigenvalue weighted by Gasteiger charge is 2.16. The van der Waals surface area contributed by atoms with E-state index in [0.717, 1.165) is 57.8 Å². The average molecular weight is 447 g/mol. The number of benzene rings is 1. The molecule has 3 aromatic heterocycles. The van der Waals surface area contributed by atoms with Gasteiger partial charge in [-0.2, -0.15) is 5.10 Å². The first-order valence-corrected chi connectivity index (χ1v) is 11.1. The minimum Gasteiger partial charge on any atom is -0.497 e. The number of rotatable bonds is 8. The fourth-order valence-corrected chi connectivity index (χ4v) is 4.12. The Kier molecular flexibility index (Phi) is 6.44. The van der Waals surface area contributed by atoms with Gasteiger partial charge in [0, 0.05) is 66.7 Å². The largest absolute Gasteiger partial charge is 0.497 e. The molecular formula is C25H30N6O2. The molecule has 4 aromatic rings. The Bertz CT molecular complexity index is 1300. The molecule has 1 N–H and O–H groups in total. The maximum absolute atomic E-state index is 12.5. The van der Waals surface area contributed by atoms with Gasteiger partial charge in [0.2, 0.25) is 5.91 Å². The predicted molar refractivity (Wildman–Crippen MR) is 128 cm³/mol. The van der Waals surface area contributed by atoms with Gasteiger partial charge < -0.3 is 14.6 Å². The topological polar surface area (TPSA) is 86.9 Å². The van der Waals surface area contributed by atoms with Crippen LogP contribution in [0, 0.1) is 20.8 Å². The SMILES string of the molecule is COc1ccc2c(c1)c(-c1nc(C)ncc1CNC(=O)CCCn1nc(C)cc1C)cn2C. The Morgan fingerprint density at radius 1 is 1.18 bits per heavy atom. The molecule has 8 heteroatoms. The number of aromatic nitrogens is 5. The number of carbonyl (C=O) groups excluding carboxylic acids is 1. The van der Waals surface area contributed by atoms with E-state index in [9.17, 15) is 4.79 Å². The second kappa shape index (κ2) is 9.44. The van der Waals surface area contributed by atoms with Gasteiger partial charge in [-0.1, -0.05) is 0 Å². The van der Waals surface area contributed by atoms with Crippen molar-refractivity contribution < 1.29 is 9.53 Å². The zero-order valence-electron chi connectivity index (χ0n) is 19.8. The third-order valence-corrected chi connectivity index (χ3v) is 5.79. The number of hydrogen-bond donors (Lipinski definition) is 1. The van der Waals surface area contributed by atoms with E-state index < -0.39 is 0 Å². The molecule has 3 heterocycles. The van der Waals surface area contributed by atoms with Crippen molar-refractivity contribution in [3.8, 4) is 17.0 Å². The molecule has 0 atom stereocenters. The summed E-state index contributed by atoms with van der Waals surface area (Å²) in [5.74, 6) is 1.48. The van der Waals surface area contributed by atoms with E-state index in [0.29, 0.717) is 18.8 Å². The van der Waals surface area contributed by atoms with Crippen LogP contribution in [-0.2, 0) is 24.9 Å². The van der Waals surface area contributed by atoms with Gasteiger partial charge in [0.05, 0.1) is 18.5 Å². The van der Waals surface area contributed by atoms with E-state index in [1.807, 2.05) is 56.8 Å². The van der Waals surface area contributed by atoms with E-state index >= 15 is 0 Å². The van der Waals surface area contributed by atoms with Crippen molar-refractivity contribution in [2.45, 2.75) is 46.7 Å². The van der Waals surface area contributed by atoms with Crippen molar-refractivity contribution in [3.05, 3.63) is 59.4 Å². The first-order valence-electron chi connectivity index (χ1n) is 11.1. The Morgan fingerprint density at radius 2 is 2.00 bits per heavy atom. The number of hydrogen-bond acceptors (Lipinski definition) is 5. The van der Waals surface area contributed by atoms with Crippen LogP contribution in [0.2, 0.25) is 0 Å². The molecule has 0 saturated heterocycles. The third-order valence-electron chi connectivity index (χ3n) is 5.79. The second-order valence-corrected chi connectivity index (χ2v) is 8.36. The fraction of sp³-hybridized carbons (Fsp3) is 0.360. The van der Waals surface area contributed by atoms with Crippen molar-refractivity contribution in [2.75, 3.05) is 7.11 Å². The van der Waals surface area contributed by atoms with Crippen LogP contribution in [0.4, 0.5) is 0 Å². The molecule has 1 aromatic carbocycles. The van der Waals surface area contributed by atoms with Gasteiger partial charge in [-0.3, -0.25) is 9.48 Å². The molecule has 0 aliphatic carbocycles. The molecule has 4 rings (SSSR count). The lowest BCUT2D eigenvalue weighted by molar-refractivity contribution is -0.121. The van der Waals surface area contributed by atoms with Crippen LogP contribution >= 0.6 is 0 Å². The summed E-state index contributed by atoms with van der Waals surface area (Å²) in [5.41, 5.74) is 5.88. The van der Waals surface area contributed by atoms with Crippen molar-refractivity contribution in [1.82, 2.24) is 29.6 Å². The third kappa shape index (κ3) is 4.89. The number of nitrogens with one attached hydrogen (secondary N) is 1. The van der Waals surface area contributed by atoms with Gasteiger partial charge in [-0.15, -0.1) is 0 Å². The number of carbonyl (C=O) groups is 1. The molecule has 33 heavy (non-hydrogen) atoms. The summed E-state index contributed by atoms with van der Waals surface area (Å²) >= 11 is 0. The highest BCUT2D eigenvalue weighted by Crippen LogP contribution is 2.33. The minimum atomic E-state index is 0.00245. The van der Waals surface area contributed by atoms with Gasteiger partial charge in [-0.25, -0.2) is 9.97 Å². The van der Waals surface area contributed by atoms with Crippen LogP contribution < -0.4 is 10.1 Å². The fourth-order valence-electron chi connectivity index (χ4n) is 4.12. The molecule has 172 valence electrons. The minimum absolute atomic E-state index is 0.00245. The van der Waals surface area contributed by atoms with Gasteiger partial charge in [0.1, 0.15) is 11.6 Å². The molecule has 0 unspecified atom stereocenters. The lowest BCUT2D eigenvalue weighted by atomic mass is 10.1. The summed E-state index contributed by atoms with van der Waals surface area (Å²) in [6, 6.07) is 8.05. The number of amides is 1. The molecule has 0 saturated carbocycles. The monoisotopic (exact) mass is 446 g/mol. The standard InChI is InChI=1S/C25H30N6O2/c1-16-11-17(2)31(29-16)10-6-7-24(32)27-14-19-13-26-18(3)28-25(19)22-15-30(4)23-9-8-20(33-5)12-21(22)23/h8-9,11-13,15H,6-7,10,14H2,1-5H3,(H,27,32). The summed E-state index contributed by atoms with van der Waals surface area (Å²) in [6.45, 7) is 6.97. The van der Waals surface area contributed by atoms with E-state index in [1.54, 1.807) is 13.3 Å². The second-order valence-electron chi connectivity index (χ2n) is 8.36. The van der Waals surface area contributed by atoms with Crippen molar-refractivity contribution >= 4 is 16.8 Å². The summed E-state index contributed by atoms with van der Waals surface area (Å²) in [4.78, 5) is 21.6. The summed E-state index contributed by atoms with van der Waals surface area (Å²) < 4.78 is 9.45. The maximum atomic E-state index is 12.5. The number of methoxy groups -OCH3 is 1. The molecule has 0 fully saturated rings. The van der Waals surface area contributed by atoms with Gasteiger partial charge in [0.25, 0.3) is 0 Å². The molecule has 0 radical (unpaired) electrons. The van der Waals surface area contributed by atoms with Crippen LogP contribution in [0.3, 0.4) is 0 Å². The zero-order chi connectivity index (χ0) is 23.5. The number of ether oxygens (including phenoxy) is 1. The predicted octanol–water partition coefficient (Wildman–Crippen LogP) is 3.86. The average Bonchev–Trinajstić information content (AvgIpc) is 3.30. The van der Waals surface area contributed by atoms with Gasteiger partial charge in [-0.05, 0) is 51.5 Å². The van der Waals surface area contributed by atoms with Crippen LogP contribution in [0.5, 0.6) is 5.75 Å². The molecule has 0 aliphatic rings. The van der Waals surface area contributed by atoms with Gasteiger partial charge in [0.15, 0.2) is 0 Å². The first-order chi connectivity index (χ1) is 15.9. The van der Waals surface area contributed by atoms with Gasteiger partial charge >= 0.3 is 0 Å². The summed E-state index contributed by atoms with van der Waals surface area (Å²) in [6.07, 6.45) is 5.03. The Balaban J connectivity index is 1.49. The van der Waals surface area contributed by atoms with Crippen molar-refractivity contribution in [1.29, 1.82) is 0 Å². The summed E-state index contributed by atoms with van der Waals surface area (Å²) in [5, 5.41) is 8.53. The Morgan fingerprint density at radius 3 is 2.73 bits per heavy atom. The molecule has 8 nitrogen and oxygen atoms in total. The first kappa shape index (κ1) is 22.5. The van der Waals surface area contributed by atoms with E-state index in [-0.39, 0.29) is 5.91 Å². The lowest BCUT2D eigenvalue weighted by Gasteiger charge is -2.11. The highest BCUT2D eigenvalue weighted by molar-refractivity contribution is 5.96. The number of nitrogens with zero attached hydrogens (tertiary/aromatic N) is 5. The highest BCUT2D eigenvalue weighted by atomic mass is 16.5. The van der Waals surface area contributed by atoms with Crippen LogP contribution in [0.15, 0.2) is 36.7 Å². The molecule has 0 spiro atoms. The van der Waals surface area contributed by atoms with Crippen LogP contribution in [0.25, 0.3) is 22.2 Å².